The monoisotopic (exact) mass is 554 g/mol. The Morgan fingerprint density at radius 3 is 1.89 bits per heavy atom. The molecule has 0 atom stereocenters. The summed E-state index contributed by atoms with van der Waals surface area (Å²) in [5.74, 6) is 0.893. The van der Waals surface area contributed by atoms with Crippen LogP contribution in [0.4, 0.5) is 15.8 Å². The Bertz CT molecular complexity index is 1320. The van der Waals surface area contributed by atoms with Gasteiger partial charge in [0.25, 0.3) is 10.3 Å². The molecule has 0 amide bonds. The van der Waals surface area contributed by atoms with E-state index in [0.29, 0.717) is 16.7 Å². The topological polar surface area (TPSA) is 70.2 Å². The van der Waals surface area contributed by atoms with Gasteiger partial charge in [-0.1, -0.05) is 41.9 Å². The van der Waals surface area contributed by atoms with Crippen LogP contribution < -0.4 is 25.8 Å². The third-order valence-electron chi connectivity index (χ3n) is 4.87. The number of halogens is 2. The predicted molar refractivity (Wildman–Crippen MR) is 156 cm³/mol. The molecule has 0 saturated carbocycles. The van der Waals surface area contributed by atoms with Crippen LogP contribution in [0.1, 0.15) is 11.1 Å². The van der Waals surface area contributed by atoms with Crippen LogP contribution in [0.5, 0.6) is 11.5 Å². The van der Waals surface area contributed by atoms with Crippen LogP contribution in [0.25, 0.3) is 0 Å². The standard InChI is InChI=1S/C14H12ClNOS.C14H13FN2OS/c1-10-9-11(7-8-13(10)15)16-14(18)17-12-5-3-2-4-6-12;15-11-3-7-13(8-4-11)18-14(19)17-12-5-1-10(9-16)2-6-12/h2-9H,1H3,(H,16,18);1-8H,9,16H2,(H,17,19)/p+1. The zero-order valence-electron chi connectivity index (χ0n) is 20.0. The van der Waals surface area contributed by atoms with Crippen molar-refractivity contribution in [3.63, 3.8) is 0 Å². The van der Waals surface area contributed by atoms with Crippen molar-refractivity contribution in [1.29, 1.82) is 0 Å². The van der Waals surface area contributed by atoms with Crippen molar-refractivity contribution in [2.75, 3.05) is 10.6 Å². The minimum Gasteiger partial charge on any atom is -0.432 e. The molecule has 0 heterocycles. The van der Waals surface area contributed by atoms with E-state index in [1.807, 2.05) is 79.7 Å². The highest BCUT2D eigenvalue weighted by Gasteiger charge is 2.03. The fourth-order valence-electron chi connectivity index (χ4n) is 2.97. The predicted octanol–water partition coefficient (Wildman–Crippen LogP) is 6.77. The number of anilines is 2. The number of hydrogen-bond acceptors (Lipinski definition) is 4. The molecule has 0 bridgehead atoms. The second kappa shape index (κ2) is 14.2. The van der Waals surface area contributed by atoms with E-state index in [0.717, 1.165) is 34.1 Å². The van der Waals surface area contributed by atoms with E-state index >= 15 is 0 Å². The van der Waals surface area contributed by atoms with Crippen molar-refractivity contribution in [3.8, 4) is 11.5 Å². The van der Waals surface area contributed by atoms with E-state index in [4.69, 9.17) is 45.5 Å². The first kappa shape index (κ1) is 28.0. The molecule has 4 aromatic carbocycles. The number of nitrogens with one attached hydrogen (secondary N) is 2. The molecule has 5 N–H and O–H groups in total. The number of quaternary nitrogens is 1. The Kier molecular flexibility index (Phi) is 10.8. The van der Waals surface area contributed by atoms with Gasteiger partial charge in [0.1, 0.15) is 17.3 Å². The number of ether oxygens (including phenoxy) is 2. The van der Waals surface area contributed by atoms with E-state index in [1.54, 1.807) is 0 Å². The maximum absolute atomic E-state index is 12.7. The quantitative estimate of drug-likeness (QED) is 0.237. The largest absolute Gasteiger partial charge is 0.432 e. The summed E-state index contributed by atoms with van der Waals surface area (Å²) in [6, 6.07) is 28.4. The summed E-state index contributed by atoms with van der Waals surface area (Å²) >= 11 is 16.2. The smallest absolute Gasteiger partial charge is 0.266 e. The average molecular weight is 555 g/mol. The van der Waals surface area contributed by atoms with Crippen LogP contribution in [-0.2, 0) is 6.54 Å². The van der Waals surface area contributed by atoms with Crippen LogP contribution in [0.3, 0.4) is 0 Å². The minimum absolute atomic E-state index is 0.217. The number of para-hydroxylation sites is 1. The van der Waals surface area contributed by atoms with Gasteiger partial charge < -0.3 is 25.8 Å². The van der Waals surface area contributed by atoms with Crippen LogP contribution >= 0.6 is 36.0 Å². The first-order valence-corrected chi connectivity index (χ1v) is 12.4. The Hall–Kier alpha value is -3.56. The van der Waals surface area contributed by atoms with Gasteiger partial charge in [-0.05, 0) is 104 Å². The summed E-state index contributed by atoms with van der Waals surface area (Å²) in [4.78, 5) is 0. The van der Waals surface area contributed by atoms with Gasteiger partial charge in [-0.15, -0.1) is 0 Å². The maximum Gasteiger partial charge on any atom is 0.266 e. The molecule has 0 aliphatic rings. The summed E-state index contributed by atoms with van der Waals surface area (Å²) in [6.07, 6.45) is 0. The lowest BCUT2D eigenvalue weighted by Gasteiger charge is -2.10. The highest BCUT2D eigenvalue weighted by molar-refractivity contribution is 7.80. The first-order valence-electron chi connectivity index (χ1n) is 11.2. The Labute approximate surface area is 231 Å². The number of benzene rings is 4. The van der Waals surface area contributed by atoms with Gasteiger partial charge in [-0.3, -0.25) is 0 Å². The number of hydrogen-bond donors (Lipinski definition) is 3. The molecule has 0 aromatic heterocycles. The lowest BCUT2D eigenvalue weighted by Crippen LogP contribution is -2.47. The van der Waals surface area contributed by atoms with Crippen molar-refractivity contribution in [2.45, 2.75) is 13.5 Å². The molecule has 9 heteroatoms. The highest BCUT2D eigenvalue weighted by Crippen LogP contribution is 2.20. The summed E-state index contributed by atoms with van der Waals surface area (Å²) < 4.78 is 23.6. The summed E-state index contributed by atoms with van der Waals surface area (Å²) in [5, 5.41) is 7.22. The fraction of sp³-hybridized carbons (Fsp3) is 0.0714. The second-order valence-electron chi connectivity index (χ2n) is 7.71. The zero-order valence-corrected chi connectivity index (χ0v) is 22.4. The van der Waals surface area contributed by atoms with E-state index < -0.39 is 0 Å². The molecule has 4 rings (SSSR count). The molecule has 0 fully saturated rings. The van der Waals surface area contributed by atoms with Crippen molar-refractivity contribution < 1.29 is 19.6 Å². The maximum atomic E-state index is 12.7. The SMILES string of the molecule is Cc1cc(NC(=S)Oc2ccccc2)ccc1Cl.[NH3+]Cc1ccc(NC(=S)Oc2ccc(F)cc2)cc1. The minimum atomic E-state index is -0.310. The van der Waals surface area contributed by atoms with E-state index in [-0.39, 0.29) is 11.0 Å². The van der Waals surface area contributed by atoms with Gasteiger partial charge in [0.15, 0.2) is 0 Å². The van der Waals surface area contributed by atoms with Gasteiger partial charge in [0.2, 0.25) is 0 Å². The van der Waals surface area contributed by atoms with Gasteiger partial charge in [0, 0.05) is 22.0 Å². The third-order valence-corrected chi connectivity index (χ3v) is 5.67. The zero-order chi connectivity index (χ0) is 26.6. The van der Waals surface area contributed by atoms with Gasteiger partial charge in [-0.2, -0.15) is 0 Å². The molecular weight excluding hydrogens is 529 g/mol. The molecule has 0 unspecified atom stereocenters. The molecule has 37 heavy (non-hydrogen) atoms. The van der Waals surface area contributed by atoms with Crippen LogP contribution in [0.15, 0.2) is 97.1 Å². The number of rotatable bonds is 5. The van der Waals surface area contributed by atoms with Gasteiger partial charge in [0.05, 0.1) is 6.54 Å². The lowest BCUT2D eigenvalue weighted by molar-refractivity contribution is -0.386. The third kappa shape index (κ3) is 9.78. The molecule has 0 aliphatic carbocycles. The Balaban J connectivity index is 0.000000206. The van der Waals surface area contributed by atoms with E-state index in [2.05, 4.69) is 16.4 Å². The highest BCUT2D eigenvalue weighted by atomic mass is 35.5. The Morgan fingerprint density at radius 2 is 1.32 bits per heavy atom. The summed E-state index contributed by atoms with van der Waals surface area (Å²) in [5.41, 5.74) is 7.64. The van der Waals surface area contributed by atoms with Crippen LogP contribution in [0, 0.1) is 12.7 Å². The molecule has 4 aromatic rings. The molecule has 0 spiro atoms. The first-order chi connectivity index (χ1) is 17.8. The fourth-order valence-corrected chi connectivity index (χ4v) is 3.51. The van der Waals surface area contributed by atoms with Gasteiger partial charge in [-0.25, -0.2) is 4.39 Å². The number of thiocarbonyl (C=S) groups is 2. The van der Waals surface area contributed by atoms with Crippen molar-refractivity contribution in [3.05, 3.63) is 119 Å². The second-order valence-corrected chi connectivity index (χ2v) is 8.86. The molecule has 0 saturated heterocycles. The average Bonchev–Trinajstić information content (AvgIpc) is 2.89. The normalized spacial score (nSPS) is 9.95. The lowest BCUT2D eigenvalue weighted by atomic mass is 10.2. The van der Waals surface area contributed by atoms with Crippen LogP contribution in [-0.4, -0.2) is 10.3 Å². The molecule has 0 aliphatic heterocycles. The molecule has 190 valence electrons. The van der Waals surface area contributed by atoms with E-state index in [1.165, 1.54) is 24.3 Å². The molecular formula is C28H26ClFN3O2S2+. The van der Waals surface area contributed by atoms with Crippen molar-refractivity contribution in [1.82, 2.24) is 0 Å². The van der Waals surface area contributed by atoms with E-state index in [9.17, 15) is 4.39 Å². The molecule has 0 radical (unpaired) electrons. The number of aryl methyl sites for hydroxylation is 1. The van der Waals surface area contributed by atoms with Crippen molar-refractivity contribution >= 4 is 57.8 Å². The van der Waals surface area contributed by atoms with Crippen molar-refractivity contribution in [2.24, 2.45) is 0 Å². The Morgan fingerprint density at radius 1 is 0.784 bits per heavy atom. The summed E-state index contributed by atoms with van der Waals surface area (Å²) in [6.45, 7) is 2.69. The van der Waals surface area contributed by atoms with Gasteiger partial charge >= 0.3 is 0 Å². The van der Waals surface area contributed by atoms with Crippen LogP contribution in [0.2, 0.25) is 5.02 Å². The summed E-state index contributed by atoms with van der Waals surface area (Å²) in [7, 11) is 0. The molecule has 5 nitrogen and oxygen atoms in total.